The smallest absolute Gasteiger partial charge is 0.303 e. The number of carbonyl (C=O) groups is 2. The predicted molar refractivity (Wildman–Crippen MR) is 64.8 cm³/mol. The van der Waals surface area contributed by atoms with E-state index in [-0.39, 0.29) is 18.2 Å². The normalized spacial score (nSPS) is 12.1. The van der Waals surface area contributed by atoms with Gasteiger partial charge >= 0.3 is 5.97 Å². The Morgan fingerprint density at radius 1 is 1.35 bits per heavy atom. The van der Waals surface area contributed by atoms with E-state index in [0.717, 1.165) is 6.42 Å². The number of hydrogen-bond donors (Lipinski definition) is 2. The largest absolute Gasteiger partial charge is 0.481 e. The summed E-state index contributed by atoms with van der Waals surface area (Å²) in [4.78, 5) is 21.9. The fourth-order valence-electron chi connectivity index (χ4n) is 1.43. The molecule has 1 atom stereocenters. The number of carboxylic acid groups (broad SMARTS) is 1. The van der Waals surface area contributed by atoms with Gasteiger partial charge in [0.25, 0.3) is 0 Å². The lowest BCUT2D eigenvalue weighted by molar-refractivity contribution is -0.138. The number of carbonyl (C=O) groups excluding carboxylic acids is 1. The summed E-state index contributed by atoms with van der Waals surface area (Å²) in [6.07, 6.45) is 2.00. The summed E-state index contributed by atoms with van der Waals surface area (Å²) in [5.74, 6) is -0.834. The maximum atomic E-state index is 11.4. The molecule has 0 saturated carbocycles. The second-order valence-electron chi connectivity index (χ2n) is 3.98. The molecule has 0 bridgehead atoms. The predicted octanol–water partition coefficient (Wildman–Crippen LogP) is 1.42. The molecule has 0 spiro atoms. The summed E-state index contributed by atoms with van der Waals surface area (Å²) >= 11 is 0. The Labute approximate surface area is 103 Å². The molecule has 2 N–H and O–H groups in total. The third-order valence-corrected chi connectivity index (χ3v) is 2.53. The van der Waals surface area contributed by atoms with Crippen LogP contribution in [0.15, 0.2) is 0 Å². The van der Waals surface area contributed by atoms with Crippen LogP contribution >= 0.6 is 0 Å². The monoisotopic (exact) mass is 245 g/mol. The van der Waals surface area contributed by atoms with E-state index in [1.807, 2.05) is 13.8 Å². The Hall–Kier alpha value is -1.10. The van der Waals surface area contributed by atoms with E-state index >= 15 is 0 Å². The third kappa shape index (κ3) is 9.81. The van der Waals surface area contributed by atoms with Crippen LogP contribution in [-0.4, -0.2) is 36.7 Å². The number of hydrogen-bond acceptors (Lipinski definition) is 3. The first-order valence-corrected chi connectivity index (χ1v) is 6.16. The lowest BCUT2D eigenvalue weighted by Gasteiger charge is -2.13. The molecule has 0 saturated heterocycles. The molecule has 17 heavy (non-hydrogen) atoms. The van der Waals surface area contributed by atoms with Crippen molar-refractivity contribution in [1.82, 2.24) is 5.32 Å². The first-order chi connectivity index (χ1) is 8.10. The van der Waals surface area contributed by atoms with Gasteiger partial charge in [0.1, 0.15) is 0 Å². The van der Waals surface area contributed by atoms with Crippen LogP contribution in [0.4, 0.5) is 0 Å². The van der Waals surface area contributed by atoms with Gasteiger partial charge in [0.05, 0.1) is 0 Å². The van der Waals surface area contributed by atoms with E-state index < -0.39 is 5.97 Å². The minimum atomic E-state index is -0.817. The second kappa shape index (κ2) is 10.1. The van der Waals surface area contributed by atoms with Crippen molar-refractivity contribution >= 4 is 11.9 Å². The number of amides is 1. The molecule has 0 fully saturated rings. The molecule has 0 aliphatic rings. The molecule has 0 aromatic heterocycles. The SMILES string of the molecule is CCOCCCC(=O)NCC(CC)CC(=O)O. The van der Waals surface area contributed by atoms with Crippen LogP contribution in [0, 0.1) is 5.92 Å². The van der Waals surface area contributed by atoms with Crippen LogP contribution in [0.2, 0.25) is 0 Å². The maximum absolute atomic E-state index is 11.4. The fourth-order valence-corrected chi connectivity index (χ4v) is 1.43. The average Bonchev–Trinajstić information content (AvgIpc) is 2.29. The van der Waals surface area contributed by atoms with Gasteiger partial charge in [-0.15, -0.1) is 0 Å². The zero-order chi connectivity index (χ0) is 13.1. The number of ether oxygens (including phenoxy) is 1. The van der Waals surface area contributed by atoms with Crippen LogP contribution in [0.25, 0.3) is 0 Å². The lowest BCUT2D eigenvalue weighted by atomic mass is 10.0. The minimum Gasteiger partial charge on any atom is -0.481 e. The zero-order valence-corrected chi connectivity index (χ0v) is 10.7. The van der Waals surface area contributed by atoms with Crippen molar-refractivity contribution in [2.75, 3.05) is 19.8 Å². The average molecular weight is 245 g/mol. The molecule has 0 aliphatic carbocycles. The number of aliphatic carboxylic acids is 1. The molecule has 0 aromatic rings. The Bertz CT molecular complexity index is 231. The van der Waals surface area contributed by atoms with E-state index in [1.165, 1.54) is 0 Å². The van der Waals surface area contributed by atoms with Crippen molar-refractivity contribution in [3.05, 3.63) is 0 Å². The summed E-state index contributed by atoms with van der Waals surface area (Å²) in [6.45, 7) is 5.54. The van der Waals surface area contributed by atoms with Gasteiger partial charge in [-0.25, -0.2) is 0 Å². The van der Waals surface area contributed by atoms with Crippen molar-refractivity contribution < 1.29 is 19.4 Å². The van der Waals surface area contributed by atoms with E-state index in [1.54, 1.807) is 0 Å². The molecule has 1 amide bonds. The molecular weight excluding hydrogens is 222 g/mol. The zero-order valence-electron chi connectivity index (χ0n) is 10.7. The molecule has 0 rings (SSSR count). The minimum absolute atomic E-state index is 0.0170. The van der Waals surface area contributed by atoms with Crippen molar-refractivity contribution in [3.8, 4) is 0 Å². The summed E-state index contributed by atoms with van der Waals surface area (Å²) in [7, 11) is 0. The van der Waals surface area contributed by atoms with E-state index in [0.29, 0.717) is 32.6 Å². The summed E-state index contributed by atoms with van der Waals surface area (Å²) in [5.41, 5.74) is 0. The number of rotatable bonds is 10. The van der Waals surface area contributed by atoms with E-state index in [2.05, 4.69) is 5.32 Å². The molecule has 0 radical (unpaired) electrons. The number of nitrogens with one attached hydrogen (secondary N) is 1. The van der Waals surface area contributed by atoms with Crippen molar-refractivity contribution in [1.29, 1.82) is 0 Å². The summed E-state index contributed by atoms with van der Waals surface area (Å²) in [5, 5.41) is 11.4. The Balaban J connectivity index is 3.62. The third-order valence-electron chi connectivity index (χ3n) is 2.53. The molecule has 1 unspecified atom stereocenters. The Kier molecular flexibility index (Phi) is 9.43. The van der Waals surface area contributed by atoms with Gasteiger partial charge in [-0.1, -0.05) is 13.3 Å². The number of carboxylic acids is 1. The standard InChI is InChI=1S/C12H23NO4/c1-3-10(8-12(15)16)9-13-11(14)6-5-7-17-4-2/h10H,3-9H2,1-2H3,(H,13,14)(H,15,16). The van der Waals surface area contributed by atoms with Gasteiger partial charge in [-0.2, -0.15) is 0 Å². The van der Waals surface area contributed by atoms with Crippen LogP contribution < -0.4 is 5.32 Å². The Morgan fingerprint density at radius 3 is 2.59 bits per heavy atom. The van der Waals surface area contributed by atoms with Crippen LogP contribution in [0.3, 0.4) is 0 Å². The van der Waals surface area contributed by atoms with Crippen LogP contribution in [0.5, 0.6) is 0 Å². The molecule has 5 heteroatoms. The highest BCUT2D eigenvalue weighted by Crippen LogP contribution is 2.06. The first-order valence-electron chi connectivity index (χ1n) is 6.16. The van der Waals surface area contributed by atoms with Gasteiger partial charge in [0.2, 0.25) is 5.91 Å². The maximum Gasteiger partial charge on any atom is 0.303 e. The van der Waals surface area contributed by atoms with Gasteiger partial charge < -0.3 is 15.2 Å². The van der Waals surface area contributed by atoms with E-state index in [9.17, 15) is 9.59 Å². The summed E-state index contributed by atoms with van der Waals surface area (Å²) in [6, 6.07) is 0. The highest BCUT2D eigenvalue weighted by Gasteiger charge is 2.12. The van der Waals surface area contributed by atoms with Gasteiger partial charge in [0, 0.05) is 32.6 Å². The molecule has 0 aromatic carbocycles. The molecular formula is C12H23NO4. The Morgan fingerprint density at radius 2 is 2.06 bits per heavy atom. The quantitative estimate of drug-likeness (QED) is 0.571. The van der Waals surface area contributed by atoms with Crippen LogP contribution in [-0.2, 0) is 14.3 Å². The van der Waals surface area contributed by atoms with Crippen molar-refractivity contribution in [2.45, 2.75) is 39.5 Å². The molecule has 100 valence electrons. The molecule has 5 nitrogen and oxygen atoms in total. The second-order valence-corrected chi connectivity index (χ2v) is 3.98. The van der Waals surface area contributed by atoms with Gasteiger partial charge in [0.15, 0.2) is 0 Å². The van der Waals surface area contributed by atoms with E-state index in [4.69, 9.17) is 9.84 Å². The molecule has 0 heterocycles. The van der Waals surface area contributed by atoms with Gasteiger partial charge in [-0.3, -0.25) is 9.59 Å². The highest BCUT2D eigenvalue weighted by atomic mass is 16.5. The summed E-state index contributed by atoms with van der Waals surface area (Å²) < 4.78 is 5.13. The first kappa shape index (κ1) is 15.9. The van der Waals surface area contributed by atoms with Crippen LogP contribution in [0.1, 0.15) is 39.5 Å². The van der Waals surface area contributed by atoms with Crippen molar-refractivity contribution in [2.24, 2.45) is 5.92 Å². The van der Waals surface area contributed by atoms with Gasteiger partial charge in [-0.05, 0) is 19.3 Å². The topological polar surface area (TPSA) is 75.6 Å². The highest BCUT2D eigenvalue weighted by molar-refractivity contribution is 5.75. The van der Waals surface area contributed by atoms with Crippen molar-refractivity contribution in [3.63, 3.8) is 0 Å². The molecule has 0 aliphatic heterocycles. The fraction of sp³-hybridized carbons (Fsp3) is 0.833. The lowest BCUT2D eigenvalue weighted by Crippen LogP contribution is -2.30.